The quantitative estimate of drug-likeness (QED) is 0.422. The third-order valence-electron chi connectivity index (χ3n) is 8.23. The zero-order valence-electron chi connectivity index (χ0n) is 20.4. The van der Waals surface area contributed by atoms with E-state index in [1.54, 1.807) is 0 Å². The summed E-state index contributed by atoms with van der Waals surface area (Å²) in [5, 5.41) is 3.89. The van der Waals surface area contributed by atoms with Crippen LogP contribution in [-0.2, 0) is 0 Å². The number of benzene rings is 2. The summed E-state index contributed by atoms with van der Waals surface area (Å²) in [4.78, 5) is 2.41. The molecular weight excluding hydrogens is 404 g/mol. The molecule has 3 unspecified atom stereocenters. The van der Waals surface area contributed by atoms with E-state index in [1.807, 2.05) is 0 Å². The van der Waals surface area contributed by atoms with Crippen LogP contribution in [0, 0.1) is 11.8 Å². The molecule has 0 amide bonds. The minimum atomic E-state index is 0.348. The van der Waals surface area contributed by atoms with Gasteiger partial charge in [0.05, 0.1) is 12.6 Å². The van der Waals surface area contributed by atoms with Crippen molar-refractivity contribution in [2.24, 2.45) is 11.8 Å². The number of anilines is 2. The lowest BCUT2D eigenvalue weighted by atomic mass is 9.77. The second-order valence-electron chi connectivity index (χ2n) is 10.1. The summed E-state index contributed by atoms with van der Waals surface area (Å²) in [5.74, 6) is 2.94. The maximum absolute atomic E-state index is 6.24. The number of rotatable bonds is 8. The first kappa shape index (κ1) is 22.4. The highest BCUT2D eigenvalue weighted by atomic mass is 16.5. The Labute approximate surface area is 200 Å². The smallest absolute Gasteiger partial charge is 0.119 e. The maximum Gasteiger partial charge on any atom is 0.119 e. The van der Waals surface area contributed by atoms with Crippen LogP contribution in [0.1, 0.15) is 81.9 Å². The first-order chi connectivity index (χ1) is 16.3. The van der Waals surface area contributed by atoms with E-state index >= 15 is 0 Å². The van der Waals surface area contributed by atoms with Crippen molar-refractivity contribution in [3.8, 4) is 5.75 Å². The minimum Gasteiger partial charge on any atom is -0.494 e. The summed E-state index contributed by atoms with van der Waals surface area (Å²) in [6.07, 6.45) is 14.2. The Balaban J connectivity index is 1.29. The molecule has 0 aromatic heterocycles. The molecule has 2 aliphatic carbocycles. The fraction of sp³-hybridized carbons (Fsp3) is 0.533. The van der Waals surface area contributed by atoms with Crippen molar-refractivity contribution in [1.29, 1.82) is 0 Å². The van der Waals surface area contributed by atoms with E-state index in [2.05, 4.69) is 78.7 Å². The number of nitrogens with one attached hydrogen (secondary N) is 1. The molecule has 176 valence electrons. The average molecular weight is 445 g/mol. The van der Waals surface area contributed by atoms with Gasteiger partial charge in [-0.05, 0) is 80.0 Å². The van der Waals surface area contributed by atoms with Gasteiger partial charge in [-0.2, -0.15) is 0 Å². The Morgan fingerprint density at radius 2 is 1.76 bits per heavy atom. The van der Waals surface area contributed by atoms with Gasteiger partial charge in [-0.15, -0.1) is 0 Å². The van der Waals surface area contributed by atoms with E-state index in [0.717, 1.165) is 37.8 Å². The second-order valence-corrected chi connectivity index (χ2v) is 10.1. The van der Waals surface area contributed by atoms with Gasteiger partial charge in [-0.3, -0.25) is 0 Å². The number of hydrogen-bond donors (Lipinski definition) is 1. The van der Waals surface area contributed by atoms with Gasteiger partial charge >= 0.3 is 0 Å². The zero-order valence-corrected chi connectivity index (χ0v) is 20.4. The normalized spacial score (nSPS) is 24.1. The lowest BCUT2D eigenvalue weighted by Gasteiger charge is -2.38. The summed E-state index contributed by atoms with van der Waals surface area (Å²) in [6, 6.07) is 16.3. The molecule has 5 rings (SSSR count). The van der Waals surface area contributed by atoms with E-state index in [0.29, 0.717) is 17.9 Å². The monoisotopic (exact) mass is 444 g/mol. The van der Waals surface area contributed by atoms with E-state index in [-0.39, 0.29) is 0 Å². The van der Waals surface area contributed by atoms with Crippen LogP contribution in [0.25, 0.3) is 0 Å². The molecule has 3 nitrogen and oxygen atoms in total. The Kier molecular flexibility index (Phi) is 6.94. The van der Waals surface area contributed by atoms with Crippen LogP contribution in [0.5, 0.6) is 5.75 Å². The molecule has 33 heavy (non-hydrogen) atoms. The second kappa shape index (κ2) is 10.2. The summed E-state index contributed by atoms with van der Waals surface area (Å²) >= 11 is 0. The SMILES string of the molecule is CCN(CC)c1ccc(C2Nc3ccc(OCCC4CCCCC4)cc3C3C=CCC32)cc1. The molecule has 3 atom stereocenters. The van der Waals surface area contributed by atoms with Gasteiger partial charge in [-0.25, -0.2) is 0 Å². The van der Waals surface area contributed by atoms with Crippen molar-refractivity contribution < 1.29 is 4.74 Å². The minimum absolute atomic E-state index is 0.348. The first-order valence-electron chi connectivity index (χ1n) is 13.3. The van der Waals surface area contributed by atoms with Crippen LogP contribution in [0.3, 0.4) is 0 Å². The molecule has 1 N–H and O–H groups in total. The molecule has 2 aromatic rings. The number of nitrogens with zero attached hydrogens (tertiary/aromatic N) is 1. The molecule has 3 heteroatoms. The summed E-state index contributed by atoms with van der Waals surface area (Å²) in [7, 11) is 0. The first-order valence-corrected chi connectivity index (χ1v) is 13.3. The van der Waals surface area contributed by atoms with Gasteiger partial charge in [0, 0.05) is 30.4 Å². The van der Waals surface area contributed by atoms with Crippen LogP contribution in [-0.4, -0.2) is 19.7 Å². The van der Waals surface area contributed by atoms with Gasteiger partial charge in [0.15, 0.2) is 0 Å². The van der Waals surface area contributed by atoms with Gasteiger partial charge in [0.2, 0.25) is 0 Å². The molecule has 2 aromatic carbocycles. The van der Waals surface area contributed by atoms with Crippen LogP contribution < -0.4 is 15.0 Å². The van der Waals surface area contributed by atoms with Crippen LogP contribution in [0.15, 0.2) is 54.6 Å². The molecule has 1 aliphatic heterocycles. The lowest BCUT2D eigenvalue weighted by Crippen LogP contribution is -2.29. The maximum atomic E-state index is 6.24. The van der Waals surface area contributed by atoms with Crippen LogP contribution in [0.2, 0.25) is 0 Å². The fourth-order valence-electron chi connectivity index (χ4n) is 6.29. The number of allylic oxidation sites excluding steroid dienone is 2. The summed E-state index contributed by atoms with van der Waals surface area (Å²) in [5.41, 5.74) is 5.37. The van der Waals surface area contributed by atoms with Crippen LogP contribution >= 0.6 is 0 Å². The van der Waals surface area contributed by atoms with Crippen molar-refractivity contribution in [1.82, 2.24) is 0 Å². The Morgan fingerprint density at radius 1 is 0.970 bits per heavy atom. The van der Waals surface area contributed by atoms with Gasteiger partial charge in [0.25, 0.3) is 0 Å². The highest BCUT2D eigenvalue weighted by molar-refractivity contribution is 5.62. The van der Waals surface area contributed by atoms with Crippen molar-refractivity contribution in [3.63, 3.8) is 0 Å². The number of hydrogen-bond acceptors (Lipinski definition) is 3. The molecule has 1 fully saturated rings. The highest BCUT2D eigenvalue weighted by Crippen LogP contribution is 2.50. The van der Waals surface area contributed by atoms with Crippen molar-refractivity contribution >= 4 is 11.4 Å². The van der Waals surface area contributed by atoms with Gasteiger partial charge < -0.3 is 15.0 Å². The highest BCUT2D eigenvalue weighted by Gasteiger charge is 2.38. The number of ether oxygens (including phenoxy) is 1. The molecule has 3 aliphatic rings. The molecule has 0 bridgehead atoms. The third-order valence-corrected chi connectivity index (χ3v) is 8.23. The topological polar surface area (TPSA) is 24.5 Å². The predicted octanol–water partition coefficient (Wildman–Crippen LogP) is 7.71. The Hall–Kier alpha value is -2.42. The van der Waals surface area contributed by atoms with E-state index in [1.165, 1.54) is 61.0 Å². The molecule has 1 heterocycles. The van der Waals surface area contributed by atoms with E-state index < -0.39 is 0 Å². The molecule has 1 saturated carbocycles. The molecular formula is C30H40N2O. The molecule has 0 spiro atoms. The van der Waals surface area contributed by atoms with Crippen molar-refractivity contribution in [3.05, 3.63) is 65.7 Å². The third kappa shape index (κ3) is 4.78. The van der Waals surface area contributed by atoms with Gasteiger partial charge in [0.1, 0.15) is 5.75 Å². The summed E-state index contributed by atoms with van der Waals surface area (Å²) in [6.45, 7) is 7.39. The fourth-order valence-corrected chi connectivity index (χ4v) is 6.29. The summed E-state index contributed by atoms with van der Waals surface area (Å²) < 4.78 is 6.24. The zero-order chi connectivity index (χ0) is 22.6. The van der Waals surface area contributed by atoms with Crippen molar-refractivity contribution in [2.75, 3.05) is 29.9 Å². The predicted molar refractivity (Wildman–Crippen MR) is 139 cm³/mol. The lowest BCUT2D eigenvalue weighted by molar-refractivity contribution is 0.246. The van der Waals surface area contributed by atoms with Gasteiger partial charge in [-0.1, -0.05) is 56.4 Å². The van der Waals surface area contributed by atoms with Crippen molar-refractivity contribution in [2.45, 2.75) is 70.8 Å². The average Bonchev–Trinajstić information content (AvgIpc) is 3.36. The standard InChI is InChI=1S/C30H40N2O/c1-3-32(4-2)24-15-13-23(14-16-24)30-27-12-8-11-26(27)28-21-25(17-18-29(28)31-30)33-20-19-22-9-6-5-7-10-22/h8,11,13-18,21-22,26-27,30-31H,3-7,9-10,12,19-20H2,1-2H3. The molecule has 0 saturated heterocycles. The Bertz CT molecular complexity index is 940. The number of fused-ring (bicyclic) bond motifs is 3. The van der Waals surface area contributed by atoms with E-state index in [9.17, 15) is 0 Å². The molecule has 0 radical (unpaired) electrons. The Morgan fingerprint density at radius 3 is 2.52 bits per heavy atom. The largest absolute Gasteiger partial charge is 0.494 e. The van der Waals surface area contributed by atoms with E-state index in [4.69, 9.17) is 4.74 Å². The van der Waals surface area contributed by atoms with Crippen LogP contribution in [0.4, 0.5) is 11.4 Å².